The summed E-state index contributed by atoms with van der Waals surface area (Å²) >= 11 is 0. The fourth-order valence-corrected chi connectivity index (χ4v) is 2.82. The number of rotatable bonds is 6. The van der Waals surface area contributed by atoms with Gasteiger partial charge in [-0.3, -0.25) is 15.0 Å². The Morgan fingerprint density at radius 2 is 2.10 bits per heavy atom. The van der Waals surface area contributed by atoms with Gasteiger partial charge in [-0.1, -0.05) is 20.3 Å². The number of amides is 3. The third kappa shape index (κ3) is 4.76. The van der Waals surface area contributed by atoms with Crippen molar-refractivity contribution in [3.05, 3.63) is 0 Å². The van der Waals surface area contributed by atoms with Gasteiger partial charge in [0.25, 0.3) is 0 Å². The minimum Gasteiger partial charge on any atom is -0.351 e. The van der Waals surface area contributed by atoms with Gasteiger partial charge in [0.05, 0.1) is 6.04 Å². The summed E-state index contributed by atoms with van der Waals surface area (Å²) < 4.78 is 0. The molecule has 1 aliphatic heterocycles. The largest absolute Gasteiger partial charge is 0.351 e. The van der Waals surface area contributed by atoms with Gasteiger partial charge < -0.3 is 11.1 Å². The molecule has 0 spiro atoms. The Morgan fingerprint density at radius 3 is 2.65 bits per heavy atom. The number of nitrogens with one attached hydrogen (secondary N) is 2. The van der Waals surface area contributed by atoms with E-state index in [1.807, 2.05) is 6.92 Å². The summed E-state index contributed by atoms with van der Waals surface area (Å²) in [5.74, 6) is 0.228. The number of hydrogen-bond donors (Lipinski definition) is 3. The Labute approximate surface area is 121 Å². The highest BCUT2D eigenvalue weighted by Crippen LogP contribution is 2.22. The molecule has 3 unspecified atom stereocenters. The molecule has 1 fully saturated rings. The second kappa shape index (κ2) is 8.21. The van der Waals surface area contributed by atoms with Crippen molar-refractivity contribution in [2.45, 2.75) is 52.1 Å². The van der Waals surface area contributed by atoms with E-state index in [0.717, 1.165) is 38.9 Å². The molecular weight excluding hydrogens is 256 g/mol. The number of nitrogens with two attached hydrogens (primary N) is 1. The SMILES string of the molecule is CCCNC1CCN(C(C)C(=O)NC(N)=O)CC1CC. The Morgan fingerprint density at radius 1 is 1.40 bits per heavy atom. The van der Waals surface area contributed by atoms with Gasteiger partial charge in [0.15, 0.2) is 0 Å². The van der Waals surface area contributed by atoms with Crippen LogP contribution in [0.4, 0.5) is 4.79 Å². The van der Waals surface area contributed by atoms with E-state index in [4.69, 9.17) is 5.73 Å². The first kappa shape index (κ1) is 16.9. The molecule has 20 heavy (non-hydrogen) atoms. The van der Waals surface area contributed by atoms with Crippen molar-refractivity contribution < 1.29 is 9.59 Å². The predicted octanol–water partition coefficient (Wildman–Crippen LogP) is 0.670. The summed E-state index contributed by atoms with van der Waals surface area (Å²) in [6, 6.07) is -0.570. The van der Waals surface area contributed by atoms with Crippen molar-refractivity contribution in [3.63, 3.8) is 0 Å². The molecule has 0 aromatic carbocycles. The highest BCUT2D eigenvalue weighted by atomic mass is 16.2. The zero-order valence-electron chi connectivity index (χ0n) is 12.8. The van der Waals surface area contributed by atoms with Crippen LogP contribution >= 0.6 is 0 Å². The molecule has 6 heteroatoms. The number of imide groups is 1. The maximum atomic E-state index is 11.8. The van der Waals surface area contributed by atoms with Gasteiger partial charge in [0.1, 0.15) is 0 Å². The molecule has 1 rings (SSSR count). The van der Waals surface area contributed by atoms with E-state index < -0.39 is 6.03 Å². The standard InChI is InChI=1S/C14H28N4O2/c1-4-7-16-12-6-8-18(9-11(12)5-2)10(3)13(19)17-14(15)20/h10-12,16H,4-9H2,1-3H3,(H3,15,17,19,20). The minimum absolute atomic E-state index is 0.313. The lowest BCUT2D eigenvalue weighted by Crippen LogP contribution is -2.55. The zero-order chi connectivity index (χ0) is 15.1. The molecule has 4 N–H and O–H groups in total. The lowest BCUT2D eigenvalue weighted by Gasteiger charge is -2.41. The predicted molar refractivity (Wildman–Crippen MR) is 79.2 cm³/mol. The number of urea groups is 1. The number of carbonyl (C=O) groups excluding carboxylic acids is 2. The van der Waals surface area contributed by atoms with E-state index in [9.17, 15) is 9.59 Å². The first-order valence-corrected chi connectivity index (χ1v) is 7.57. The quantitative estimate of drug-likeness (QED) is 0.669. The summed E-state index contributed by atoms with van der Waals surface area (Å²) in [6.07, 6.45) is 3.25. The lowest BCUT2D eigenvalue weighted by atomic mass is 9.89. The molecule has 0 aromatic rings. The Bertz CT molecular complexity index is 335. The Kier molecular flexibility index (Phi) is 6.95. The average Bonchev–Trinajstić information content (AvgIpc) is 2.43. The topological polar surface area (TPSA) is 87.5 Å². The van der Waals surface area contributed by atoms with Gasteiger partial charge in [-0.15, -0.1) is 0 Å². The van der Waals surface area contributed by atoms with Crippen LogP contribution in [0.25, 0.3) is 0 Å². The van der Waals surface area contributed by atoms with E-state index in [2.05, 4.69) is 29.4 Å². The first-order valence-electron chi connectivity index (χ1n) is 7.57. The number of likely N-dealkylation sites (tertiary alicyclic amines) is 1. The minimum atomic E-state index is -0.784. The van der Waals surface area contributed by atoms with Gasteiger partial charge in [-0.05, 0) is 32.2 Å². The van der Waals surface area contributed by atoms with E-state index in [-0.39, 0.29) is 11.9 Å². The third-order valence-corrected chi connectivity index (χ3v) is 4.12. The fourth-order valence-electron chi connectivity index (χ4n) is 2.82. The number of piperidine rings is 1. The van der Waals surface area contributed by atoms with Crippen LogP contribution in [-0.4, -0.2) is 48.6 Å². The van der Waals surface area contributed by atoms with Gasteiger partial charge >= 0.3 is 6.03 Å². The molecular formula is C14H28N4O2. The molecule has 3 amide bonds. The van der Waals surface area contributed by atoms with Gasteiger partial charge in [0, 0.05) is 19.1 Å². The molecule has 1 saturated heterocycles. The summed E-state index contributed by atoms with van der Waals surface area (Å²) in [6.45, 7) is 8.96. The number of primary amides is 1. The summed E-state index contributed by atoms with van der Waals surface area (Å²) in [5.41, 5.74) is 4.99. The lowest BCUT2D eigenvalue weighted by molar-refractivity contribution is -0.125. The van der Waals surface area contributed by atoms with Crippen molar-refractivity contribution in [3.8, 4) is 0 Å². The second-order valence-corrected chi connectivity index (χ2v) is 5.54. The van der Waals surface area contributed by atoms with Crippen LogP contribution in [-0.2, 0) is 4.79 Å². The highest BCUT2D eigenvalue weighted by Gasteiger charge is 2.32. The van der Waals surface area contributed by atoms with Crippen molar-refractivity contribution in [1.82, 2.24) is 15.5 Å². The zero-order valence-corrected chi connectivity index (χ0v) is 12.8. The van der Waals surface area contributed by atoms with E-state index in [0.29, 0.717) is 12.0 Å². The highest BCUT2D eigenvalue weighted by molar-refractivity contribution is 5.96. The number of nitrogens with zero attached hydrogens (tertiary/aromatic N) is 1. The molecule has 6 nitrogen and oxygen atoms in total. The molecule has 116 valence electrons. The van der Waals surface area contributed by atoms with Crippen molar-refractivity contribution >= 4 is 11.9 Å². The van der Waals surface area contributed by atoms with E-state index in [1.165, 1.54) is 0 Å². The monoisotopic (exact) mass is 284 g/mol. The molecule has 0 aromatic heterocycles. The fraction of sp³-hybridized carbons (Fsp3) is 0.857. The van der Waals surface area contributed by atoms with Crippen LogP contribution in [0.5, 0.6) is 0 Å². The molecule has 1 heterocycles. The van der Waals surface area contributed by atoms with Gasteiger partial charge in [-0.25, -0.2) is 4.79 Å². The summed E-state index contributed by atoms with van der Waals surface area (Å²) in [4.78, 5) is 24.7. The number of hydrogen-bond acceptors (Lipinski definition) is 4. The number of carbonyl (C=O) groups is 2. The third-order valence-electron chi connectivity index (χ3n) is 4.12. The second-order valence-electron chi connectivity index (χ2n) is 5.54. The molecule has 3 atom stereocenters. The van der Waals surface area contributed by atoms with E-state index >= 15 is 0 Å². The Balaban J connectivity index is 2.54. The molecule has 1 aliphatic rings. The van der Waals surface area contributed by atoms with Crippen molar-refractivity contribution in [1.29, 1.82) is 0 Å². The maximum absolute atomic E-state index is 11.8. The van der Waals surface area contributed by atoms with Crippen LogP contribution in [0.15, 0.2) is 0 Å². The smallest absolute Gasteiger partial charge is 0.318 e. The molecule has 0 bridgehead atoms. The van der Waals surface area contributed by atoms with Crippen LogP contribution in [0.1, 0.15) is 40.0 Å². The molecule has 0 saturated carbocycles. The van der Waals surface area contributed by atoms with Crippen LogP contribution in [0.3, 0.4) is 0 Å². The molecule has 0 aliphatic carbocycles. The van der Waals surface area contributed by atoms with Crippen molar-refractivity contribution in [2.75, 3.05) is 19.6 Å². The van der Waals surface area contributed by atoms with E-state index in [1.54, 1.807) is 0 Å². The average molecular weight is 284 g/mol. The summed E-state index contributed by atoms with van der Waals surface area (Å²) in [7, 11) is 0. The van der Waals surface area contributed by atoms with Crippen LogP contribution in [0, 0.1) is 5.92 Å². The molecule has 0 radical (unpaired) electrons. The normalized spacial score (nSPS) is 25.1. The van der Waals surface area contributed by atoms with Gasteiger partial charge in [-0.2, -0.15) is 0 Å². The van der Waals surface area contributed by atoms with Gasteiger partial charge in [0.2, 0.25) is 5.91 Å². The Hall–Kier alpha value is -1.14. The van der Waals surface area contributed by atoms with Crippen LogP contribution in [0.2, 0.25) is 0 Å². The van der Waals surface area contributed by atoms with Crippen LogP contribution < -0.4 is 16.4 Å². The first-order chi connectivity index (χ1) is 9.49. The van der Waals surface area contributed by atoms with Crippen molar-refractivity contribution in [2.24, 2.45) is 11.7 Å². The maximum Gasteiger partial charge on any atom is 0.318 e. The summed E-state index contributed by atoms with van der Waals surface area (Å²) in [5, 5.41) is 5.75.